The summed E-state index contributed by atoms with van der Waals surface area (Å²) in [6.07, 6.45) is 2.30. The van der Waals surface area contributed by atoms with E-state index in [2.05, 4.69) is 4.90 Å². The Balaban J connectivity index is 1.35. The maximum absolute atomic E-state index is 13.8. The molecule has 2 aliphatic rings. The number of morpholine rings is 1. The van der Waals surface area contributed by atoms with Gasteiger partial charge in [0.25, 0.3) is 5.91 Å². The quantitative estimate of drug-likeness (QED) is 0.217. The average molecular weight is 627 g/mol. The summed E-state index contributed by atoms with van der Waals surface area (Å²) >= 11 is 12.8. The lowest BCUT2D eigenvalue weighted by Gasteiger charge is -2.26. The maximum Gasteiger partial charge on any atom is 0.335 e. The number of nitrogens with zero attached hydrogens (tertiary/aromatic N) is 2. The van der Waals surface area contributed by atoms with Crippen molar-refractivity contribution in [3.8, 4) is 16.9 Å². The lowest BCUT2D eigenvalue weighted by atomic mass is 10.0. The van der Waals surface area contributed by atoms with Crippen LogP contribution in [-0.4, -0.2) is 77.1 Å². The molecule has 5 rings (SSSR count). The average Bonchev–Trinajstić information content (AvgIpc) is 3.26. The molecule has 0 aromatic heterocycles. The summed E-state index contributed by atoms with van der Waals surface area (Å²) in [5, 5.41) is 9.14. The molecule has 2 saturated heterocycles. The van der Waals surface area contributed by atoms with Crippen LogP contribution in [0.3, 0.4) is 0 Å². The fourth-order valence-corrected chi connectivity index (χ4v) is 6.13. The Hall–Kier alpha value is -3.28. The van der Waals surface area contributed by atoms with Crippen molar-refractivity contribution in [2.24, 2.45) is 0 Å². The molecule has 2 aliphatic heterocycles. The van der Waals surface area contributed by atoms with Crippen LogP contribution in [0.2, 0.25) is 5.02 Å². The zero-order chi connectivity index (χ0) is 29.6. The molecule has 0 aliphatic carbocycles. The van der Waals surface area contributed by atoms with Gasteiger partial charge in [0.1, 0.15) is 22.5 Å². The second-order valence-electron chi connectivity index (χ2n) is 9.77. The summed E-state index contributed by atoms with van der Waals surface area (Å²) in [6.45, 7) is 4.69. The Morgan fingerprint density at radius 1 is 1.07 bits per heavy atom. The number of benzene rings is 3. The van der Waals surface area contributed by atoms with E-state index >= 15 is 0 Å². The number of carboxylic acid groups (broad SMARTS) is 1. The lowest BCUT2D eigenvalue weighted by molar-refractivity contribution is -0.122. The van der Waals surface area contributed by atoms with Crippen LogP contribution < -0.4 is 4.74 Å². The number of rotatable bonds is 10. The van der Waals surface area contributed by atoms with Gasteiger partial charge in [-0.15, -0.1) is 0 Å². The standard InChI is InChI=1S/C31H28ClFN2O5S2/c32-25-18-23(5-7-26(25)33)22-6-8-27(40-16-13-34-11-14-39-15-12-34)24(17-22)19-28-29(36)35(31(41)42-28)10-9-20-1-3-21(4-2-20)30(37)38/h1-8,17-19H,9-16H2,(H,37,38). The zero-order valence-corrected chi connectivity index (χ0v) is 24.9. The normalized spacial score (nSPS) is 16.8. The van der Waals surface area contributed by atoms with Crippen molar-refractivity contribution < 1.29 is 28.6 Å². The largest absolute Gasteiger partial charge is 0.492 e. The summed E-state index contributed by atoms with van der Waals surface area (Å²) in [5.41, 5.74) is 3.33. The smallest absolute Gasteiger partial charge is 0.335 e. The number of hydrogen-bond acceptors (Lipinski definition) is 7. The van der Waals surface area contributed by atoms with E-state index < -0.39 is 11.8 Å². The van der Waals surface area contributed by atoms with Crippen LogP contribution in [0.15, 0.2) is 65.6 Å². The van der Waals surface area contributed by atoms with E-state index in [-0.39, 0.29) is 16.5 Å². The highest BCUT2D eigenvalue weighted by Crippen LogP contribution is 2.36. The summed E-state index contributed by atoms with van der Waals surface area (Å²) in [4.78, 5) is 28.8. The Kier molecular flexibility index (Phi) is 9.91. The highest BCUT2D eigenvalue weighted by molar-refractivity contribution is 8.26. The highest BCUT2D eigenvalue weighted by Gasteiger charge is 2.32. The van der Waals surface area contributed by atoms with Crippen LogP contribution in [0, 0.1) is 5.82 Å². The Morgan fingerprint density at radius 2 is 1.79 bits per heavy atom. The number of amides is 1. The van der Waals surface area contributed by atoms with Crippen molar-refractivity contribution in [2.45, 2.75) is 6.42 Å². The predicted octanol–water partition coefficient (Wildman–Crippen LogP) is 6.00. The van der Waals surface area contributed by atoms with Gasteiger partial charge < -0.3 is 14.6 Å². The van der Waals surface area contributed by atoms with Crippen LogP contribution in [0.1, 0.15) is 21.5 Å². The van der Waals surface area contributed by atoms with Gasteiger partial charge >= 0.3 is 5.97 Å². The van der Waals surface area contributed by atoms with Crippen LogP contribution in [-0.2, 0) is 16.0 Å². The molecule has 0 saturated carbocycles. The van der Waals surface area contributed by atoms with E-state index in [1.165, 1.54) is 17.8 Å². The molecule has 3 aromatic carbocycles. The first-order chi connectivity index (χ1) is 20.3. The Morgan fingerprint density at radius 3 is 2.50 bits per heavy atom. The van der Waals surface area contributed by atoms with E-state index in [1.54, 1.807) is 47.4 Å². The van der Waals surface area contributed by atoms with Crippen LogP contribution >= 0.6 is 35.6 Å². The second kappa shape index (κ2) is 13.8. The number of thiocarbonyl (C=S) groups is 1. The molecule has 0 atom stereocenters. The molecule has 0 radical (unpaired) electrons. The van der Waals surface area contributed by atoms with Crippen molar-refractivity contribution >= 4 is 57.9 Å². The monoisotopic (exact) mass is 626 g/mol. The van der Waals surface area contributed by atoms with Crippen LogP contribution in [0.4, 0.5) is 4.39 Å². The topological polar surface area (TPSA) is 79.3 Å². The molecular formula is C31H28ClFN2O5S2. The van der Waals surface area contributed by atoms with Crippen molar-refractivity contribution in [3.05, 3.63) is 93.1 Å². The van der Waals surface area contributed by atoms with Crippen molar-refractivity contribution in [1.29, 1.82) is 0 Å². The predicted molar refractivity (Wildman–Crippen MR) is 167 cm³/mol. The van der Waals surface area contributed by atoms with Crippen LogP contribution in [0.5, 0.6) is 5.75 Å². The maximum atomic E-state index is 13.8. The summed E-state index contributed by atoms with van der Waals surface area (Å²) < 4.78 is 25.9. The summed E-state index contributed by atoms with van der Waals surface area (Å²) in [5.74, 6) is -1.07. The van der Waals surface area contributed by atoms with Gasteiger partial charge in [-0.3, -0.25) is 14.6 Å². The van der Waals surface area contributed by atoms with E-state index in [1.807, 2.05) is 18.2 Å². The number of carbonyl (C=O) groups is 2. The molecule has 1 N–H and O–H groups in total. The lowest BCUT2D eigenvalue weighted by Crippen LogP contribution is -2.38. The first kappa shape index (κ1) is 30.2. The van der Waals surface area contributed by atoms with Gasteiger partial charge in [0.05, 0.1) is 28.7 Å². The molecule has 42 heavy (non-hydrogen) atoms. The number of halogens is 2. The molecule has 2 heterocycles. The molecule has 0 bridgehead atoms. The van der Waals surface area contributed by atoms with Gasteiger partial charge in [-0.25, -0.2) is 9.18 Å². The van der Waals surface area contributed by atoms with Gasteiger partial charge in [-0.05, 0) is 65.6 Å². The van der Waals surface area contributed by atoms with Gasteiger partial charge in [0.2, 0.25) is 0 Å². The number of carbonyl (C=O) groups excluding carboxylic acids is 1. The molecule has 218 valence electrons. The van der Waals surface area contributed by atoms with Gasteiger partial charge in [-0.1, -0.05) is 59.8 Å². The van der Waals surface area contributed by atoms with Gasteiger partial charge in [0, 0.05) is 31.7 Å². The number of thioether (sulfide) groups is 1. The molecule has 7 nitrogen and oxygen atoms in total. The van der Waals surface area contributed by atoms with E-state index in [4.69, 9.17) is 38.4 Å². The van der Waals surface area contributed by atoms with Crippen molar-refractivity contribution in [1.82, 2.24) is 9.80 Å². The number of hydrogen-bond donors (Lipinski definition) is 1. The first-order valence-electron chi connectivity index (χ1n) is 13.4. The minimum Gasteiger partial charge on any atom is -0.492 e. The highest BCUT2D eigenvalue weighted by atomic mass is 35.5. The minimum absolute atomic E-state index is 0.0263. The number of carboxylic acids is 1. The second-order valence-corrected chi connectivity index (χ2v) is 11.9. The Bertz CT molecular complexity index is 1530. The zero-order valence-electron chi connectivity index (χ0n) is 22.6. The third-order valence-corrected chi connectivity index (χ3v) is 8.68. The summed E-state index contributed by atoms with van der Waals surface area (Å²) in [7, 11) is 0. The summed E-state index contributed by atoms with van der Waals surface area (Å²) in [6, 6.07) is 16.7. The van der Waals surface area contributed by atoms with Crippen molar-refractivity contribution in [2.75, 3.05) is 46.0 Å². The van der Waals surface area contributed by atoms with E-state index in [0.29, 0.717) is 53.3 Å². The molecule has 11 heteroatoms. The minimum atomic E-state index is -0.986. The van der Waals surface area contributed by atoms with Crippen molar-refractivity contribution in [3.63, 3.8) is 0 Å². The fraction of sp³-hybridized carbons (Fsp3) is 0.258. The molecule has 0 spiro atoms. The molecular weight excluding hydrogens is 599 g/mol. The molecule has 3 aromatic rings. The fourth-order valence-electron chi connectivity index (χ4n) is 4.65. The number of ether oxygens (including phenoxy) is 2. The van der Waals surface area contributed by atoms with Gasteiger partial charge in [-0.2, -0.15) is 0 Å². The van der Waals surface area contributed by atoms with E-state index in [0.717, 1.165) is 36.3 Å². The van der Waals surface area contributed by atoms with E-state index in [9.17, 15) is 14.0 Å². The number of aromatic carboxylic acids is 1. The molecule has 1 amide bonds. The first-order valence-corrected chi connectivity index (χ1v) is 15.0. The molecule has 0 unspecified atom stereocenters. The SMILES string of the molecule is O=C(O)c1ccc(CCN2C(=O)C(=Cc3cc(-c4ccc(F)c(Cl)c4)ccc3OCCN3CCOCC3)SC2=S)cc1. The van der Waals surface area contributed by atoms with Crippen LogP contribution in [0.25, 0.3) is 17.2 Å². The van der Waals surface area contributed by atoms with Gasteiger partial charge in [0.15, 0.2) is 0 Å². The third kappa shape index (κ3) is 7.37. The third-order valence-electron chi connectivity index (χ3n) is 7.02. The Labute approximate surface area is 257 Å². The molecule has 2 fully saturated rings.